The number of carbonyl (C=O) groups excluding carboxylic acids is 1. The van der Waals surface area contributed by atoms with Gasteiger partial charge in [-0.15, -0.1) is 10.2 Å². The van der Waals surface area contributed by atoms with Gasteiger partial charge in [-0.2, -0.15) is 0 Å². The maximum absolute atomic E-state index is 12.5. The van der Waals surface area contributed by atoms with E-state index in [1.165, 1.54) is 11.3 Å². The number of anilines is 1. The summed E-state index contributed by atoms with van der Waals surface area (Å²) in [6.45, 7) is 4.43. The van der Waals surface area contributed by atoms with Crippen molar-refractivity contribution < 1.29 is 4.79 Å². The third kappa shape index (κ3) is 4.00. The van der Waals surface area contributed by atoms with Crippen LogP contribution in [-0.4, -0.2) is 46.7 Å². The molecule has 7 heteroatoms. The predicted octanol–water partition coefficient (Wildman–Crippen LogP) is 2.86. The molecule has 0 spiro atoms. The van der Waals surface area contributed by atoms with Gasteiger partial charge in [-0.3, -0.25) is 4.79 Å². The van der Waals surface area contributed by atoms with E-state index in [1.807, 2.05) is 29.2 Å². The zero-order valence-corrected chi connectivity index (χ0v) is 14.6. The fraction of sp³-hybridized carbons (Fsp3) is 0.438. The maximum atomic E-state index is 12.5. The highest BCUT2D eigenvalue weighted by atomic mass is 35.5. The maximum Gasteiger partial charge on any atom is 0.223 e. The lowest BCUT2D eigenvalue weighted by Crippen LogP contribution is -2.54. The number of benzene rings is 1. The minimum atomic E-state index is 0.180. The highest BCUT2D eigenvalue weighted by Crippen LogP contribution is 2.21. The molecule has 1 atom stereocenters. The summed E-state index contributed by atoms with van der Waals surface area (Å²) < 4.78 is 0. The van der Waals surface area contributed by atoms with Gasteiger partial charge in [0.05, 0.1) is 0 Å². The number of halogens is 1. The van der Waals surface area contributed by atoms with Crippen molar-refractivity contribution in [2.24, 2.45) is 0 Å². The van der Waals surface area contributed by atoms with E-state index in [2.05, 4.69) is 22.0 Å². The van der Waals surface area contributed by atoms with Gasteiger partial charge in [0.25, 0.3) is 0 Å². The summed E-state index contributed by atoms with van der Waals surface area (Å²) in [6.07, 6.45) is 1.24. The van der Waals surface area contributed by atoms with Crippen molar-refractivity contribution in [1.82, 2.24) is 15.1 Å². The minimum absolute atomic E-state index is 0.180. The number of amides is 1. The van der Waals surface area contributed by atoms with Crippen LogP contribution < -0.4 is 4.90 Å². The summed E-state index contributed by atoms with van der Waals surface area (Å²) in [5.74, 6) is 0.203. The highest BCUT2D eigenvalue weighted by Gasteiger charge is 2.28. The van der Waals surface area contributed by atoms with Gasteiger partial charge in [-0.1, -0.05) is 35.1 Å². The number of carbonyl (C=O) groups is 1. The van der Waals surface area contributed by atoms with Crippen LogP contribution >= 0.6 is 22.9 Å². The second kappa shape index (κ2) is 7.27. The molecule has 0 saturated carbocycles. The standard InChI is InChI=1S/C16H19ClN4OS/c1-12-10-20(16-19-18-11-23-16)7-8-21(12)15(22)6-5-13-3-2-4-14(17)9-13/h2-4,9,11-12H,5-8,10H2,1H3. The van der Waals surface area contributed by atoms with Gasteiger partial charge in [-0.25, -0.2) is 0 Å². The number of rotatable bonds is 4. The van der Waals surface area contributed by atoms with Crippen LogP contribution in [0, 0.1) is 0 Å². The SMILES string of the molecule is CC1CN(c2nncs2)CCN1C(=O)CCc1cccc(Cl)c1. The fourth-order valence-electron chi connectivity index (χ4n) is 2.89. The molecule has 1 unspecified atom stereocenters. The van der Waals surface area contributed by atoms with Crippen LogP contribution in [-0.2, 0) is 11.2 Å². The van der Waals surface area contributed by atoms with Gasteiger partial charge in [0.2, 0.25) is 11.0 Å². The second-order valence-electron chi connectivity index (χ2n) is 5.73. The lowest BCUT2D eigenvalue weighted by atomic mass is 10.1. The first kappa shape index (κ1) is 16.2. The molecule has 0 N–H and O–H groups in total. The van der Waals surface area contributed by atoms with Gasteiger partial charge in [0.1, 0.15) is 5.51 Å². The molecule has 2 aromatic rings. The summed E-state index contributed by atoms with van der Waals surface area (Å²) in [5.41, 5.74) is 2.84. The van der Waals surface area contributed by atoms with E-state index in [-0.39, 0.29) is 11.9 Å². The number of nitrogens with zero attached hydrogens (tertiary/aromatic N) is 4. The number of hydrogen-bond acceptors (Lipinski definition) is 5. The van der Waals surface area contributed by atoms with Crippen molar-refractivity contribution in [2.45, 2.75) is 25.8 Å². The van der Waals surface area contributed by atoms with Gasteiger partial charge in [0, 0.05) is 37.1 Å². The van der Waals surface area contributed by atoms with Gasteiger partial charge in [0.15, 0.2) is 0 Å². The molecule has 1 amide bonds. The Morgan fingerprint density at radius 2 is 2.30 bits per heavy atom. The Bertz CT molecular complexity index is 664. The molecule has 0 radical (unpaired) electrons. The van der Waals surface area contributed by atoms with Crippen LogP contribution in [0.5, 0.6) is 0 Å². The van der Waals surface area contributed by atoms with Crippen LogP contribution in [0.3, 0.4) is 0 Å². The Labute approximate surface area is 144 Å². The lowest BCUT2D eigenvalue weighted by molar-refractivity contribution is -0.133. The Morgan fingerprint density at radius 3 is 3.00 bits per heavy atom. The summed E-state index contributed by atoms with van der Waals surface area (Å²) >= 11 is 7.52. The summed E-state index contributed by atoms with van der Waals surface area (Å²) in [6, 6.07) is 7.88. The molecule has 1 aliphatic heterocycles. The van der Waals surface area contributed by atoms with E-state index in [0.717, 1.165) is 36.8 Å². The van der Waals surface area contributed by atoms with E-state index in [4.69, 9.17) is 11.6 Å². The molecule has 1 aliphatic rings. The van der Waals surface area contributed by atoms with Gasteiger partial charge < -0.3 is 9.80 Å². The number of hydrogen-bond donors (Lipinski definition) is 0. The Balaban J connectivity index is 1.54. The van der Waals surface area contributed by atoms with Crippen LogP contribution in [0.2, 0.25) is 5.02 Å². The van der Waals surface area contributed by atoms with Crippen molar-refractivity contribution >= 4 is 34.0 Å². The number of aromatic nitrogens is 2. The zero-order chi connectivity index (χ0) is 16.2. The minimum Gasteiger partial charge on any atom is -0.343 e. The van der Waals surface area contributed by atoms with Gasteiger partial charge >= 0.3 is 0 Å². The first-order chi connectivity index (χ1) is 11.1. The van der Waals surface area contributed by atoms with E-state index in [1.54, 1.807) is 5.51 Å². The van der Waals surface area contributed by atoms with E-state index < -0.39 is 0 Å². The number of piperazine rings is 1. The molecule has 122 valence electrons. The van der Waals surface area contributed by atoms with Crippen molar-refractivity contribution in [3.8, 4) is 0 Å². The molecule has 5 nitrogen and oxygen atoms in total. The number of aryl methyl sites for hydroxylation is 1. The van der Waals surface area contributed by atoms with Gasteiger partial charge in [-0.05, 0) is 31.0 Å². The smallest absolute Gasteiger partial charge is 0.223 e. The molecule has 1 saturated heterocycles. The summed E-state index contributed by atoms with van der Waals surface area (Å²) in [4.78, 5) is 16.7. The Kier molecular flexibility index (Phi) is 5.13. The summed E-state index contributed by atoms with van der Waals surface area (Å²) in [5, 5.41) is 9.64. The largest absolute Gasteiger partial charge is 0.343 e. The van der Waals surface area contributed by atoms with Crippen LogP contribution in [0.25, 0.3) is 0 Å². The first-order valence-electron chi connectivity index (χ1n) is 7.68. The average molecular weight is 351 g/mol. The monoisotopic (exact) mass is 350 g/mol. The second-order valence-corrected chi connectivity index (χ2v) is 6.98. The molecule has 1 aromatic carbocycles. The zero-order valence-electron chi connectivity index (χ0n) is 13.0. The van der Waals surface area contributed by atoms with E-state index >= 15 is 0 Å². The van der Waals surface area contributed by atoms with Crippen molar-refractivity contribution in [1.29, 1.82) is 0 Å². The van der Waals surface area contributed by atoms with E-state index in [0.29, 0.717) is 11.4 Å². The normalized spacial score (nSPS) is 18.3. The van der Waals surface area contributed by atoms with Crippen LogP contribution in [0.15, 0.2) is 29.8 Å². The quantitative estimate of drug-likeness (QED) is 0.850. The highest BCUT2D eigenvalue weighted by molar-refractivity contribution is 7.13. The molecule has 23 heavy (non-hydrogen) atoms. The molecule has 1 fully saturated rings. The fourth-order valence-corrected chi connectivity index (χ4v) is 3.70. The average Bonchev–Trinajstić information content (AvgIpc) is 3.07. The summed E-state index contributed by atoms with van der Waals surface area (Å²) in [7, 11) is 0. The van der Waals surface area contributed by atoms with Crippen molar-refractivity contribution in [3.05, 3.63) is 40.4 Å². The molecule has 1 aromatic heterocycles. The van der Waals surface area contributed by atoms with Crippen LogP contribution in [0.4, 0.5) is 5.13 Å². The Hall–Kier alpha value is -1.66. The lowest BCUT2D eigenvalue weighted by Gasteiger charge is -2.39. The van der Waals surface area contributed by atoms with E-state index in [9.17, 15) is 4.79 Å². The van der Waals surface area contributed by atoms with Crippen LogP contribution in [0.1, 0.15) is 18.9 Å². The molecule has 0 bridgehead atoms. The molecule has 0 aliphatic carbocycles. The molecule has 2 heterocycles. The molecule has 3 rings (SSSR count). The topological polar surface area (TPSA) is 49.3 Å². The third-order valence-corrected chi connectivity index (χ3v) is 5.07. The molecular formula is C16H19ClN4OS. The van der Waals surface area contributed by atoms with Crippen molar-refractivity contribution in [3.63, 3.8) is 0 Å². The third-order valence-electron chi connectivity index (χ3n) is 4.08. The van der Waals surface area contributed by atoms with Crippen molar-refractivity contribution in [2.75, 3.05) is 24.5 Å². The Morgan fingerprint density at radius 1 is 1.43 bits per heavy atom. The predicted molar refractivity (Wildman–Crippen MR) is 93.1 cm³/mol. The first-order valence-corrected chi connectivity index (χ1v) is 8.94. The molecular weight excluding hydrogens is 332 g/mol.